The van der Waals surface area contributed by atoms with E-state index in [2.05, 4.69) is 5.32 Å². The highest BCUT2D eigenvalue weighted by Gasteiger charge is 2.10. The second kappa shape index (κ2) is 10.5. The van der Waals surface area contributed by atoms with E-state index < -0.39 is 0 Å². The summed E-state index contributed by atoms with van der Waals surface area (Å²) in [5.41, 5.74) is 2.09. The zero-order chi connectivity index (χ0) is 21.3. The van der Waals surface area contributed by atoms with Gasteiger partial charge in [0.25, 0.3) is 5.91 Å². The third kappa shape index (κ3) is 6.36. The van der Waals surface area contributed by atoms with Gasteiger partial charge in [-0.15, -0.1) is 0 Å². The molecule has 0 radical (unpaired) electrons. The Kier molecular flexibility index (Phi) is 7.46. The van der Waals surface area contributed by atoms with Crippen LogP contribution >= 0.6 is 11.6 Å². The van der Waals surface area contributed by atoms with Crippen LogP contribution in [0.3, 0.4) is 0 Å². The first-order valence-corrected chi connectivity index (χ1v) is 9.95. The number of nitrogens with one attached hydrogen (secondary N) is 1. The van der Waals surface area contributed by atoms with E-state index in [-0.39, 0.29) is 18.3 Å². The molecular weight excluding hydrogens is 402 g/mol. The molecule has 0 aliphatic heterocycles. The summed E-state index contributed by atoms with van der Waals surface area (Å²) in [5.74, 6) is 0.558. The molecule has 3 aromatic rings. The summed E-state index contributed by atoms with van der Waals surface area (Å²) in [5, 5.41) is 3.14. The van der Waals surface area contributed by atoms with Crippen molar-refractivity contribution >= 4 is 29.2 Å². The lowest BCUT2D eigenvalue weighted by atomic mass is 10.2. The van der Waals surface area contributed by atoms with Crippen LogP contribution in [0.1, 0.15) is 28.8 Å². The third-order valence-electron chi connectivity index (χ3n) is 4.25. The summed E-state index contributed by atoms with van der Waals surface area (Å²) in [7, 11) is 0. The first-order chi connectivity index (χ1) is 14.5. The second-order valence-electron chi connectivity index (χ2n) is 6.70. The van der Waals surface area contributed by atoms with Crippen LogP contribution in [0.2, 0.25) is 5.02 Å². The predicted octanol–water partition coefficient (Wildman–Crippen LogP) is 5.67. The van der Waals surface area contributed by atoms with Crippen molar-refractivity contribution in [1.29, 1.82) is 0 Å². The smallest absolute Gasteiger partial charge is 0.311 e. The number of carbonyl (C=O) groups is 2. The molecule has 0 aliphatic rings. The molecule has 0 atom stereocenters. The van der Waals surface area contributed by atoms with Gasteiger partial charge in [0.15, 0.2) is 0 Å². The van der Waals surface area contributed by atoms with Crippen LogP contribution in [0.25, 0.3) is 0 Å². The third-order valence-corrected chi connectivity index (χ3v) is 4.58. The molecule has 0 aliphatic carbocycles. The summed E-state index contributed by atoms with van der Waals surface area (Å²) in [4.78, 5) is 24.3. The Hall–Kier alpha value is -3.31. The average molecular weight is 424 g/mol. The molecule has 3 rings (SSSR count). The van der Waals surface area contributed by atoms with Crippen molar-refractivity contribution in [1.82, 2.24) is 0 Å². The number of amides is 1. The first-order valence-electron chi connectivity index (χ1n) is 9.57. The van der Waals surface area contributed by atoms with Gasteiger partial charge in [-0.25, -0.2) is 0 Å². The maximum absolute atomic E-state index is 12.3. The van der Waals surface area contributed by atoms with Crippen molar-refractivity contribution in [2.24, 2.45) is 0 Å². The standard InChI is InChI=1S/C24H22ClNO4/c1-17-6-4-7-20(16-17)29-15-5-10-23(27)30-19-13-11-18(12-14-19)26-24(28)21-8-2-3-9-22(21)25/h2-4,6-9,11-14,16H,5,10,15H2,1H3,(H,26,28). The van der Waals surface area contributed by atoms with Gasteiger partial charge in [-0.05, 0) is 67.4 Å². The predicted molar refractivity (Wildman–Crippen MR) is 117 cm³/mol. The van der Waals surface area contributed by atoms with E-state index in [9.17, 15) is 9.59 Å². The molecule has 1 amide bonds. The van der Waals surface area contributed by atoms with Crippen molar-refractivity contribution in [3.63, 3.8) is 0 Å². The molecule has 0 aromatic heterocycles. The van der Waals surface area contributed by atoms with Gasteiger partial charge >= 0.3 is 5.97 Å². The highest BCUT2D eigenvalue weighted by molar-refractivity contribution is 6.34. The van der Waals surface area contributed by atoms with Crippen molar-refractivity contribution in [3.8, 4) is 11.5 Å². The van der Waals surface area contributed by atoms with E-state index in [1.165, 1.54) is 0 Å². The number of benzene rings is 3. The van der Waals surface area contributed by atoms with Gasteiger partial charge in [-0.2, -0.15) is 0 Å². The first kappa shape index (κ1) is 21.4. The van der Waals surface area contributed by atoms with Gasteiger partial charge in [-0.3, -0.25) is 9.59 Å². The van der Waals surface area contributed by atoms with E-state index in [4.69, 9.17) is 21.1 Å². The monoisotopic (exact) mass is 423 g/mol. The molecule has 0 unspecified atom stereocenters. The number of esters is 1. The van der Waals surface area contributed by atoms with Crippen molar-refractivity contribution in [2.75, 3.05) is 11.9 Å². The Morgan fingerprint density at radius 2 is 1.70 bits per heavy atom. The molecule has 5 nitrogen and oxygen atoms in total. The Labute approximate surface area is 180 Å². The van der Waals surface area contributed by atoms with Crippen LogP contribution in [0.5, 0.6) is 11.5 Å². The largest absolute Gasteiger partial charge is 0.494 e. The molecule has 0 saturated heterocycles. The molecule has 0 bridgehead atoms. The van der Waals surface area contributed by atoms with Crippen molar-refractivity contribution in [2.45, 2.75) is 19.8 Å². The summed E-state index contributed by atoms with van der Waals surface area (Å²) in [6.45, 7) is 2.43. The summed E-state index contributed by atoms with van der Waals surface area (Å²) in [6.07, 6.45) is 0.801. The van der Waals surface area contributed by atoms with Crippen LogP contribution < -0.4 is 14.8 Å². The van der Waals surface area contributed by atoms with E-state index >= 15 is 0 Å². The fraction of sp³-hybridized carbons (Fsp3) is 0.167. The van der Waals surface area contributed by atoms with Crippen molar-refractivity contribution < 1.29 is 19.1 Å². The molecule has 1 N–H and O–H groups in total. The maximum atomic E-state index is 12.3. The molecular formula is C24H22ClNO4. The number of hydrogen-bond acceptors (Lipinski definition) is 4. The van der Waals surface area contributed by atoms with E-state index in [1.807, 2.05) is 31.2 Å². The lowest BCUT2D eigenvalue weighted by molar-refractivity contribution is -0.134. The number of anilines is 1. The van der Waals surface area contributed by atoms with Gasteiger partial charge in [0.2, 0.25) is 0 Å². The molecule has 0 spiro atoms. The minimum atomic E-state index is -0.337. The summed E-state index contributed by atoms with van der Waals surface area (Å²) in [6, 6.07) is 21.2. The maximum Gasteiger partial charge on any atom is 0.311 e. The molecule has 154 valence electrons. The molecule has 30 heavy (non-hydrogen) atoms. The highest BCUT2D eigenvalue weighted by atomic mass is 35.5. The second-order valence-corrected chi connectivity index (χ2v) is 7.11. The SMILES string of the molecule is Cc1cccc(OCCCC(=O)Oc2ccc(NC(=O)c3ccccc3Cl)cc2)c1. The van der Waals surface area contributed by atoms with Gasteiger partial charge in [-0.1, -0.05) is 35.9 Å². The van der Waals surface area contributed by atoms with E-state index in [0.29, 0.717) is 35.1 Å². The van der Waals surface area contributed by atoms with Crippen LogP contribution in [0, 0.1) is 6.92 Å². The number of hydrogen-bond donors (Lipinski definition) is 1. The Balaban J connectivity index is 1.43. The Bertz CT molecular complexity index is 1020. The number of rotatable bonds is 8. The fourth-order valence-corrected chi connectivity index (χ4v) is 2.97. The lowest BCUT2D eigenvalue weighted by Crippen LogP contribution is -2.12. The number of halogens is 1. The fourth-order valence-electron chi connectivity index (χ4n) is 2.74. The zero-order valence-electron chi connectivity index (χ0n) is 16.6. The number of aryl methyl sites for hydroxylation is 1. The highest BCUT2D eigenvalue weighted by Crippen LogP contribution is 2.20. The van der Waals surface area contributed by atoms with Gasteiger partial charge in [0, 0.05) is 12.1 Å². The molecule has 3 aromatic carbocycles. The minimum absolute atomic E-state index is 0.247. The lowest BCUT2D eigenvalue weighted by Gasteiger charge is -2.09. The van der Waals surface area contributed by atoms with Crippen molar-refractivity contribution in [3.05, 3.63) is 88.9 Å². The minimum Gasteiger partial charge on any atom is -0.494 e. The van der Waals surface area contributed by atoms with Crippen LogP contribution in [0.15, 0.2) is 72.8 Å². The van der Waals surface area contributed by atoms with Crippen LogP contribution in [-0.2, 0) is 4.79 Å². The molecule has 6 heteroatoms. The van der Waals surface area contributed by atoms with E-state index in [0.717, 1.165) is 11.3 Å². The summed E-state index contributed by atoms with van der Waals surface area (Å²) < 4.78 is 10.9. The van der Waals surface area contributed by atoms with Crippen LogP contribution in [-0.4, -0.2) is 18.5 Å². The topological polar surface area (TPSA) is 64.6 Å². The Morgan fingerprint density at radius 1 is 0.933 bits per heavy atom. The van der Waals surface area contributed by atoms with Crippen LogP contribution in [0.4, 0.5) is 5.69 Å². The summed E-state index contributed by atoms with van der Waals surface area (Å²) >= 11 is 6.03. The molecule has 0 fully saturated rings. The normalized spacial score (nSPS) is 10.3. The van der Waals surface area contributed by atoms with Gasteiger partial charge in [0.1, 0.15) is 11.5 Å². The quantitative estimate of drug-likeness (QED) is 0.288. The van der Waals surface area contributed by atoms with Gasteiger partial charge in [0.05, 0.1) is 17.2 Å². The Morgan fingerprint density at radius 3 is 2.43 bits per heavy atom. The number of carbonyl (C=O) groups excluding carboxylic acids is 2. The average Bonchev–Trinajstić information content (AvgIpc) is 2.73. The van der Waals surface area contributed by atoms with Gasteiger partial charge < -0.3 is 14.8 Å². The molecule has 0 heterocycles. The molecule has 0 saturated carbocycles. The zero-order valence-corrected chi connectivity index (χ0v) is 17.3. The van der Waals surface area contributed by atoms with E-state index in [1.54, 1.807) is 48.5 Å². The number of ether oxygens (including phenoxy) is 2.